The number of hydrogen-bond acceptors (Lipinski definition) is 3. The molecule has 0 spiro atoms. The van der Waals surface area contributed by atoms with Gasteiger partial charge >= 0.3 is 0 Å². The van der Waals surface area contributed by atoms with Crippen molar-refractivity contribution in [2.75, 3.05) is 6.61 Å². The molecule has 1 unspecified atom stereocenters. The zero-order valence-electron chi connectivity index (χ0n) is 12.0. The monoisotopic (exact) mass is 268 g/mol. The highest BCUT2D eigenvalue weighted by atomic mass is 16.5. The summed E-state index contributed by atoms with van der Waals surface area (Å²) in [6, 6.07) is 16.7. The number of benzene rings is 2. The Kier molecular flexibility index (Phi) is 4.97. The average molecular weight is 268 g/mol. The second-order valence-corrected chi connectivity index (χ2v) is 5.15. The molecule has 2 aromatic carbocycles. The van der Waals surface area contributed by atoms with Crippen LogP contribution in [0.4, 0.5) is 0 Å². The Morgan fingerprint density at radius 3 is 2.60 bits per heavy atom. The molecule has 0 aliphatic heterocycles. The Labute approximate surface area is 120 Å². The van der Waals surface area contributed by atoms with E-state index in [9.17, 15) is 0 Å². The van der Waals surface area contributed by atoms with Gasteiger partial charge in [-0.25, -0.2) is 0 Å². The maximum atomic E-state index is 9.05. The summed E-state index contributed by atoms with van der Waals surface area (Å²) in [5.41, 5.74) is 0. The van der Waals surface area contributed by atoms with Gasteiger partial charge in [-0.15, -0.1) is 0 Å². The zero-order chi connectivity index (χ0) is 14.4. The third-order valence-corrected chi connectivity index (χ3v) is 3.09. The summed E-state index contributed by atoms with van der Waals surface area (Å²) in [5, 5.41) is 14.6. The van der Waals surface area contributed by atoms with Crippen molar-refractivity contribution in [3.05, 3.63) is 42.5 Å². The van der Waals surface area contributed by atoms with E-state index in [-0.39, 0.29) is 6.04 Å². The highest BCUT2D eigenvalue weighted by Crippen LogP contribution is 2.20. The van der Waals surface area contributed by atoms with Crippen molar-refractivity contribution in [3.63, 3.8) is 0 Å². The molecule has 0 saturated heterocycles. The second-order valence-electron chi connectivity index (χ2n) is 5.15. The lowest BCUT2D eigenvalue weighted by atomic mass is 10.1. The van der Waals surface area contributed by atoms with Gasteiger partial charge in [-0.3, -0.25) is 5.32 Å². The van der Waals surface area contributed by atoms with Crippen molar-refractivity contribution in [1.82, 2.24) is 5.32 Å². The molecular formula is C17H20N2O. The minimum absolute atomic E-state index is 0.157. The van der Waals surface area contributed by atoms with Crippen LogP contribution in [0.3, 0.4) is 0 Å². The maximum absolute atomic E-state index is 9.05. The Balaban J connectivity index is 1.91. The lowest BCUT2D eigenvalue weighted by Gasteiger charge is -2.15. The van der Waals surface area contributed by atoms with E-state index in [2.05, 4.69) is 29.6 Å². The largest absolute Gasteiger partial charge is 0.493 e. The van der Waals surface area contributed by atoms with E-state index >= 15 is 0 Å². The molecule has 0 aliphatic carbocycles. The van der Waals surface area contributed by atoms with Crippen LogP contribution >= 0.6 is 0 Å². The predicted octanol–water partition coefficient (Wildman–Crippen LogP) is 3.50. The van der Waals surface area contributed by atoms with Crippen molar-refractivity contribution < 1.29 is 4.74 Å². The van der Waals surface area contributed by atoms with Crippen molar-refractivity contribution in [2.45, 2.75) is 32.4 Å². The molecular weight excluding hydrogens is 248 g/mol. The number of hydrogen-bond donors (Lipinski definition) is 1. The van der Waals surface area contributed by atoms with Crippen molar-refractivity contribution in [2.24, 2.45) is 0 Å². The molecule has 0 bridgehead atoms. The molecule has 104 valence electrons. The van der Waals surface area contributed by atoms with E-state index in [1.54, 1.807) is 0 Å². The Hall–Kier alpha value is -2.05. The van der Waals surface area contributed by atoms with Gasteiger partial charge in [0.15, 0.2) is 0 Å². The lowest BCUT2D eigenvalue weighted by molar-refractivity contribution is 0.295. The fourth-order valence-corrected chi connectivity index (χ4v) is 2.14. The Bertz CT molecular complexity index is 601. The van der Waals surface area contributed by atoms with Gasteiger partial charge in [-0.1, -0.05) is 30.3 Å². The standard InChI is InChI=1S/C17H20N2O/c1-13(2)19-16(12-18)9-10-20-17-8-7-14-5-3-4-6-15(14)11-17/h3-8,11,13,16,19H,9-10H2,1-2H3. The Morgan fingerprint density at radius 1 is 1.15 bits per heavy atom. The van der Waals surface area contributed by atoms with Crippen molar-refractivity contribution in [3.8, 4) is 11.8 Å². The normalized spacial score (nSPS) is 12.3. The molecule has 2 rings (SSSR count). The fraction of sp³-hybridized carbons (Fsp3) is 0.353. The molecule has 2 aromatic rings. The van der Waals surface area contributed by atoms with Crippen LogP contribution in [0.25, 0.3) is 10.8 Å². The van der Waals surface area contributed by atoms with E-state index in [0.717, 1.165) is 5.75 Å². The van der Waals surface area contributed by atoms with E-state index in [0.29, 0.717) is 19.1 Å². The van der Waals surface area contributed by atoms with E-state index in [4.69, 9.17) is 10.00 Å². The van der Waals surface area contributed by atoms with Gasteiger partial charge in [-0.05, 0) is 36.8 Å². The highest BCUT2D eigenvalue weighted by Gasteiger charge is 2.08. The van der Waals surface area contributed by atoms with E-state index in [1.807, 2.05) is 38.1 Å². The first-order valence-electron chi connectivity index (χ1n) is 6.96. The third-order valence-electron chi connectivity index (χ3n) is 3.09. The zero-order valence-corrected chi connectivity index (χ0v) is 12.0. The van der Waals surface area contributed by atoms with Gasteiger partial charge in [0.25, 0.3) is 0 Å². The lowest BCUT2D eigenvalue weighted by Crippen LogP contribution is -2.34. The summed E-state index contributed by atoms with van der Waals surface area (Å²) in [7, 11) is 0. The number of nitrogens with zero attached hydrogens (tertiary/aromatic N) is 1. The predicted molar refractivity (Wildman–Crippen MR) is 81.7 cm³/mol. The molecule has 3 heteroatoms. The first kappa shape index (κ1) is 14.4. The summed E-state index contributed by atoms with van der Waals surface area (Å²) in [6.07, 6.45) is 0.682. The van der Waals surface area contributed by atoms with Gasteiger partial charge in [0.2, 0.25) is 0 Å². The van der Waals surface area contributed by atoms with Crippen LogP contribution in [-0.2, 0) is 0 Å². The van der Waals surface area contributed by atoms with E-state index < -0.39 is 0 Å². The molecule has 0 radical (unpaired) electrons. The first-order valence-corrected chi connectivity index (χ1v) is 6.96. The molecule has 0 aliphatic rings. The molecule has 0 fully saturated rings. The molecule has 3 nitrogen and oxygen atoms in total. The first-order chi connectivity index (χ1) is 9.69. The summed E-state index contributed by atoms with van der Waals surface area (Å²) < 4.78 is 5.74. The van der Waals surface area contributed by atoms with Crippen LogP contribution in [0.2, 0.25) is 0 Å². The van der Waals surface area contributed by atoms with Crippen LogP contribution in [0.15, 0.2) is 42.5 Å². The molecule has 0 saturated carbocycles. The number of rotatable bonds is 6. The summed E-state index contributed by atoms with van der Waals surface area (Å²) in [6.45, 7) is 4.61. The average Bonchev–Trinajstić information content (AvgIpc) is 2.45. The number of nitrogens with one attached hydrogen (secondary N) is 1. The molecule has 0 aromatic heterocycles. The van der Waals surface area contributed by atoms with Crippen LogP contribution in [0, 0.1) is 11.3 Å². The van der Waals surface area contributed by atoms with Gasteiger partial charge in [0.05, 0.1) is 18.7 Å². The minimum atomic E-state index is -0.157. The third kappa shape index (κ3) is 3.97. The van der Waals surface area contributed by atoms with Gasteiger partial charge in [-0.2, -0.15) is 5.26 Å². The Morgan fingerprint density at radius 2 is 1.90 bits per heavy atom. The highest BCUT2D eigenvalue weighted by molar-refractivity contribution is 5.83. The topological polar surface area (TPSA) is 45.0 Å². The molecule has 1 N–H and O–H groups in total. The summed E-state index contributed by atoms with van der Waals surface area (Å²) >= 11 is 0. The minimum Gasteiger partial charge on any atom is -0.493 e. The van der Waals surface area contributed by atoms with Crippen LogP contribution in [-0.4, -0.2) is 18.7 Å². The molecule has 20 heavy (non-hydrogen) atoms. The van der Waals surface area contributed by atoms with Gasteiger partial charge in [0.1, 0.15) is 5.75 Å². The van der Waals surface area contributed by atoms with Crippen LogP contribution in [0.1, 0.15) is 20.3 Å². The molecule has 0 amide bonds. The van der Waals surface area contributed by atoms with Crippen LogP contribution in [0.5, 0.6) is 5.75 Å². The smallest absolute Gasteiger partial charge is 0.119 e. The number of fused-ring (bicyclic) bond motifs is 1. The fourth-order valence-electron chi connectivity index (χ4n) is 2.14. The van der Waals surface area contributed by atoms with Gasteiger partial charge in [0, 0.05) is 12.5 Å². The van der Waals surface area contributed by atoms with E-state index in [1.165, 1.54) is 10.8 Å². The summed E-state index contributed by atoms with van der Waals surface area (Å²) in [4.78, 5) is 0. The SMILES string of the molecule is CC(C)NC(C#N)CCOc1ccc2ccccc2c1. The van der Waals surface area contributed by atoms with Crippen molar-refractivity contribution >= 4 is 10.8 Å². The number of nitriles is 1. The van der Waals surface area contributed by atoms with Gasteiger partial charge < -0.3 is 4.74 Å². The van der Waals surface area contributed by atoms with Crippen molar-refractivity contribution in [1.29, 1.82) is 5.26 Å². The second kappa shape index (κ2) is 6.93. The molecule has 1 atom stereocenters. The van der Waals surface area contributed by atoms with Crippen LogP contribution < -0.4 is 10.1 Å². The number of ether oxygens (including phenoxy) is 1. The molecule has 0 heterocycles. The maximum Gasteiger partial charge on any atom is 0.119 e. The summed E-state index contributed by atoms with van der Waals surface area (Å²) in [5.74, 6) is 0.852. The quantitative estimate of drug-likeness (QED) is 0.872.